The summed E-state index contributed by atoms with van der Waals surface area (Å²) in [5.41, 5.74) is 4.94. The quantitative estimate of drug-likeness (QED) is 0.360. The van der Waals surface area contributed by atoms with E-state index in [1.165, 1.54) is 25.9 Å². The molecule has 0 unspecified atom stereocenters. The van der Waals surface area contributed by atoms with Gasteiger partial charge in [0.05, 0.1) is 23.4 Å². The summed E-state index contributed by atoms with van der Waals surface area (Å²) >= 11 is 0. The minimum absolute atomic E-state index is 0.0423. The van der Waals surface area contributed by atoms with E-state index in [2.05, 4.69) is 69.6 Å². The van der Waals surface area contributed by atoms with E-state index in [4.69, 9.17) is 4.98 Å². The molecule has 0 aromatic carbocycles. The zero-order chi connectivity index (χ0) is 24.3. The van der Waals surface area contributed by atoms with Crippen LogP contribution >= 0.6 is 0 Å². The average Bonchev–Trinajstić information content (AvgIpc) is 3.56. The molecule has 1 aliphatic heterocycles. The number of pyridine rings is 2. The number of hydrogen-bond donors (Lipinski definition) is 1. The lowest BCUT2D eigenvalue weighted by Crippen LogP contribution is -2.21. The second-order valence-electron chi connectivity index (χ2n) is 10.0. The Balaban J connectivity index is 1.30. The molecule has 8 heteroatoms. The predicted octanol–water partition coefficient (Wildman–Crippen LogP) is 5.20. The summed E-state index contributed by atoms with van der Waals surface area (Å²) in [5.74, 6) is 1.41. The van der Waals surface area contributed by atoms with Crippen molar-refractivity contribution in [2.75, 3.05) is 25.0 Å². The van der Waals surface area contributed by atoms with Gasteiger partial charge in [0.1, 0.15) is 5.82 Å². The van der Waals surface area contributed by atoms with E-state index < -0.39 is 0 Å². The number of likely N-dealkylation sites (tertiary alicyclic amines) is 1. The number of hydrogen-bond acceptors (Lipinski definition) is 7. The first-order chi connectivity index (χ1) is 17.0. The lowest BCUT2D eigenvalue weighted by Gasteiger charge is -2.22. The van der Waals surface area contributed by atoms with E-state index >= 15 is 0 Å². The Morgan fingerprint density at radius 1 is 0.943 bits per heavy atom. The highest BCUT2D eigenvalue weighted by molar-refractivity contribution is 5.81. The van der Waals surface area contributed by atoms with Crippen LogP contribution in [0.25, 0.3) is 22.2 Å². The second-order valence-corrected chi connectivity index (χ2v) is 10.0. The largest absolute Gasteiger partial charge is 0.323 e. The van der Waals surface area contributed by atoms with Crippen molar-refractivity contribution in [1.82, 2.24) is 34.8 Å². The standard InChI is InChI=1S/C27H34N8/c1-4-27(2,3)22-15-26(33-29-18-22)32-25-9-8-23-24(31-25)14-20(16-28-23)21-17-30-35(19-21)13-7-12-34-10-5-6-11-34/h8-9,14-19H,4-7,10-13H2,1-3H3,(H,31,32,33). The smallest absolute Gasteiger partial charge is 0.154 e. The minimum Gasteiger partial charge on any atom is -0.323 e. The van der Waals surface area contributed by atoms with Gasteiger partial charge in [-0.15, -0.1) is 5.10 Å². The molecular formula is C27H34N8. The zero-order valence-corrected chi connectivity index (χ0v) is 20.9. The van der Waals surface area contributed by atoms with Crippen LogP contribution in [0.15, 0.2) is 49.1 Å². The molecule has 5 heterocycles. The Bertz CT molecular complexity index is 1290. The van der Waals surface area contributed by atoms with Crippen molar-refractivity contribution in [1.29, 1.82) is 0 Å². The van der Waals surface area contributed by atoms with Crippen molar-refractivity contribution in [3.05, 3.63) is 54.6 Å². The molecule has 35 heavy (non-hydrogen) atoms. The van der Waals surface area contributed by atoms with Gasteiger partial charge in [-0.3, -0.25) is 9.67 Å². The fourth-order valence-corrected chi connectivity index (χ4v) is 4.46. The highest BCUT2D eigenvalue weighted by atomic mass is 15.3. The summed E-state index contributed by atoms with van der Waals surface area (Å²) in [6.07, 6.45) is 12.6. The number of fused-ring (bicyclic) bond motifs is 1. The summed E-state index contributed by atoms with van der Waals surface area (Å²) in [4.78, 5) is 12.0. The normalized spacial score (nSPS) is 14.6. The molecule has 1 N–H and O–H groups in total. The van der Waals surface area contributed by atoms with Crippen molar-refractivity contribution < 1.29 is 0 Å². The molecular weight excluding hydrogens is 436 g/mol. The van der Waals surface area contributed by atoms with Gasteiger partial charge in [-0.25, -0.2) is 4.98 Å². The number of aromatic nitrogens is 6. The van der Waals surface area contributed by atoms with Gasteiger partial charge >= 0.3 is 0 Å². The molecule has 4 aromatic rings. The van der Waals surface area contributed by atoms with E-state index in [1.54, 1.807) is 0 Å². The van der Waals surface area contributed by atoms with Crippen LogP contribution in [0.5, 0.6) is 0 Å². The Hall–Kier alpha value is -3.39. The van der Waals surface area contributed by atoms with Gasteiger partial charge < -0.3 is 10.2 Å². The van der Waals surface area contributed by atoms with Crippen LogP contribution < -0.4 is 5.32 Å². The summed E-state index contributed by atoms with van der Waals surface area (Å²) in [5, 5.41) is 16.3. The molecule has 1 aliphatic rings. The molecule has 1 saturated heterocycles. The predicted molar refractivity (Wildman–Crippen MR) is 140 cm³/mol. The van der Waals surface area contributed by atoms with Gasteiger partial charge in [-0.1, -0.05) is 20.8 Å². The topological polar surface area (TPSA) is 84.7 Å². The van der Waals surface area contributed by atoms with Crippen LogP contribution in [0.1, 0.15) is 52.0 Å². The highest BCUT2D eigenvalue weighted by Crippen LogP contribution is 2.28. The van der Waals surface area contributed by atoms with Crippen LogP contribution in [0.3, 0.4) is 0 Å². The summed E-state index contributed by atoms with van der Waals surface area (Å²) in [7, 11) is 0. The van der Waals surface area contributed by atoms with Gasteiger partial charge in [0.2, 0.25) is 0 Å². The van der Waals surface area contributed by atoms with Crippen molar-refractivity contribution in [2.24, 2.45) is 0 Å². The molecule has 0 radical (unpaired) electrons. The molecule has 5 rings (SSSR count). The fourth-order valence-electron chi connectivity index (χ4n) is 4.46. The summed E-state index contributed by atoms with van der Waals surface area (Å²) in [6, 6.07) is 8.02. The second kappa shape index (κ2) is 10.1. The van der Waals surface area contributed by atoms with Crippen LogP contribution in [0, 0.1) is 0 Å². The number of aryl methyl sites for hydroxylation is 1. The fraction of sp³-hybridized carbons (Fsp3) is 0.444. The van der Waals surface area contributed by atoms with E-state index in [-0.39, 0.29) is 5.41 Å². The molecule has 0 aliphatic carbocycles. The monoisotopic (exact) mass is 470 g/mol. The third kappa shape index (κ3) is 5.48. The van der Waals surface area contributed by atoms with Crippen LogP contribution in [0.2, 0.25) is 0 Å². The zero-order valence-electron chi connectivity index (χ0n) is 20.9. The Morgan fingerprint density at radius 2 is 1.80 bits per heavy atom. The van der Waals surface area contributed by atoms with Crippen molar-refractivity contribution >= 4 is 22.7 Å². The third-order valence-electron chi connectivity index (χ3n) is 7.14. The first-order valence-electron chi connectivity index (χ1n) is 12.6. The summed E-state index contributed by atoms with van der Waals surface area (Å²) < 4.78 is 2.03. The Labute approximate surface area is 206 Å². The Kier molecular flexibility index (Phi) is 6.72. The van der Waals surface area contributed by atoms with Gasteiger partial charge in [-0.05, 0) is 80.6 Å². The van der Waals surface area contributed by atoms with Crippen molar-refractivity contribution in [3.63, 3.8) is 0 Å². The molecule has 0 amide bonds. The van der Waals surface area contributed by atoms with E-state index in [0.717, 1.165) is 59.5 Å². The molecule has 8 nitrogen and oxygen atoms in total. The molecule has 0 saturated carbocycles. The number of rotatable bonds is 9. The maximum atomic E-state index is 4.80. The van der Waals surface area contributed by atoms with Gasteiger partial charge in [0.25, 0.3) is 0 Å². The maximum Gasteiger partial charge on any atom is 0.154 e. The SMILES string of the molecule is CCC(C)(C)c1cnnc(Nc2ccc3ncc(-c4cnn(CCCN5CCCC5)c4)cc3n2)c1. The van der Waals surface area contributed by atoms with Crippen molar-refractivity contribution in [3.8, 4) is 11.1 Å². The van der Waals surface area contributed by atoms with E-state index in [9.17, 15) is 0 Å². The third-order valence-corrected chi connectivity index (χ3v) is 7.14. The maximum absolute atomic E-state index is 4.80. The highest BCUT2D eigenvalue weighted by Gasteiger charge is 2.19. The summed E-state index contributed by atoms with van der Waals surface area (Å²) in [6.45, 7) is 11.2. The molecule has 0 spiro atoms. The number of nitrogens with one attached hydrogen (secondary N) is 1. The van der Waals surface area contributed by atoms with Gasteiger partial charge in [0, 0.05) is 30.1 Å². The average molecular weight is 471 g/mol. The number of anilines is 2. The molecule has 182 valence electrons. The lowest BCUT2D eigenvalue weighted by atomic mass is 9.83. The van der Waals surface area contributed by atoms with Crippen molar-refractivity contribution in [2.45, 2.75) is 58.4 Å². The molecule has 0 atom stereocenters. The Morgan fingerprint density at radius 3 is 2.63 bits per heavy atom. The van der Waals surface area contributed by atoms with Gasteiger partial charge in [-0.2, -0.15) is 10.2 Å². The van der Waals surface area contributed by atoms with Gasteiger partial charge in [0.15, 0.2) is 5.82 Å². The number of nitrogens with zero attached hydrogens (tertiary/aromatic N) is 7. The first kappa shape index (κ1) is 23.4. The minimum atomic E-state index is 0.0423. The molecule has 1 fully saturated rings. The van der Waals surface area contributed by atoms with E-state index in [0.29, 0.717) is 5.82 Å². The van der Waals surface area contributed by atoms with E-state index in [1.807, 2.05) is 35.4 Å². The molecule has 0 bridgehead atoms. The first-order valence-corrected chi connectivity index (χ1v) is 12.6. The molecule has 4 aromatic heterocycles. The van der Waals surface area contributed by atoms with Crippen LogP contribution in [-0.4, -0.2) is 54.5 Å². The van der Waals surface area contributed by atoms with Crippen LogP contribution in [0.4, 0.5) is 11.6 Å². The van der Waals surface area contributed by atoms with Crippen LogP contribution in [-0.2, 0) is 12.0 Å². The lowest BCUT2D eigenvalue weighted by molar-refractivity contribution is 0.322.